The van der Waals surface area contributed by atoms with E-state index in [2.05, 4.69) is 15.9 Å². The van der Waals surface area contributed by atoms with Crippen LogP contribution in [0.15, 0.2) is 51.6 Å². The van der Waals surface area contributed by atoms with E-state index in [0.29, 0.717) is 42.4 Å². The minimum Gasteiger partial charge on any atom is -0.444 e. The Labute approximate surface area is 161 Å². The van der Waals surface area contributed by atoms with Gasteiger partial charge in [-0.25, -0.2) is 0 Å². The molecule has 2 aromatic rings. The molecule has 0 N–H and O–H groups in total. The number of furan rings is 1. The van der Waals surface area contributed by atoms with E-state index in [1.165, 1.54) is 0 Å². The third kappa shape index (κ3) is 3.43. The van der Waals surface area contributed by atoms with E-state index in [9.17, 15) is 9.59 Å². The second kappa shape index (κ2) is 7.27. The molecule has 0 unspecified atom stereocenters. The van der Waals surface area contributed by atoms with Gasteiger partial charge in [-0.3, -0.25) is 9.59 Å². The molecule has 1 aromatic carbocycles. The van der Waals surface area contributed by atoms with E-state index in [1.807, 2.05) is 40.1 Å². The molecule has 6 heteroatoms. The highest BCUT2D eigenvalue weighted by molar-refractivity contribution is 9.10. The topological polar surface area (TPSA) is 53.8 Å². The highest BCUT2D eigenvalue weighted by atomic mass is 79.9. The van der Waals surface area contributed by atoms with Gasteiger partial charge in [-0.15, -0.1) is 0 Å². The maximum absolute atomic E-state index is 12.7. The van der Waals surface area contributed by atoms with Crippen LogP contribution < -0.4 is 0 Å². The smallest absolute Gasteiger partial charge is 0.289 e. The van der Waals surface area contributed by atoms with E-state index < -0.39 is 0 Å². The first kappa shape index (κ1) is 17.3. The summed E-state index contributed by atoms with van der Waals surface area (Å²) in [5, 5.41) is 0. The van der Waals surface area contributed by atoms with Crippen molar-refractivity contribution in [2.24, 2.45) is 5.92 Å². The number of carbonyl (C=O) groups excluding carboxylic acids is 2. The van der Waals surface area contributed by atoms with Gasteiger partial charge in [0, 0.05) is 26.1 Å². The summed E-state index contributed by atoms with van der Waals surface area (Å²) in [7, 11) is 0. The second-order valence-electron chi connectivity index (χ2n) is 7.04. The third-order valence-corrected chi connectivity index (χ3v) is 5.79. The summed E-state index contributed by atoms with van der Waals surface area (Å²) in [6.07, 6.45) is 2.46. The largest absolute Gasteiger partial charge is 0.444 e. The lowest BCUT2D eigenvalue weighted by atomic mass is 9.98. The molecule has 2 fully saturated rings. The molecule has 1 aromatic heterocycles. The summed E-state index contributed by atoms with van der Waals surface area (Å²) in [6.45, 7) is 1.86. The fourth-order valence-electron chi connectivity index (χ4n) is 4.07. The number of nitrogens with zero attached hydrogens (tertiary/aromatic N) is 2. The maximum atomic E-state index is 12.7. The molecule has 0 saturated carbocycles. The van der Waals surface area contributed by atoms with Crippen LogP contribution in [0.5, 0.6) is 0 Å². The van der Waals surface area contributed by atoms with Crippen molar-refractivity contribution < 1.29 is 14.0 Å². The number of halogens is 1. The molecule has 0 spiro atoms. The fraction of sp³-hybridized carbons (Fsp3) is 0.400. The molecule has 2 aliphatic rings. The summed E-state index contributed by atoms with van der Waals surface area (Å²) in [5.74, 6) is 0.758. The van der Waals surface area contributed by atoms with Crippen molar-refractivity contribution in [1.29, 1.82) is 0 Å². The molecule has 0 bridgehead atoms. The highest BCUT2D eigenvalue weighted by Crippen LogP contribution is 2.32. The summed E-state index contributed by atoms with van der Waals surface area (Å²) in [4.78, 5) is 29.3. The average molecular weight is 417 g/mol. The van der Waals surface area contributed by atoms with Gasteiger partial charge in [0.15, 0.2) is 10.4 Å². The van der Waals surface area contributed by atoms with Crippen LogP contribution in [-0.2, 0) is 11.3 Å². The van der Waals surface area contributed by atoms with Crippen molar-refractivity contribution >= 4 is 27.7 Å². The summed E-state index contributed by atoms with van der Waals surface area (Å²) in [6, 6.07) is 13.6. The number of likely N-dealkylation sites (tertiary alicyclic amines) is 2. The quantitative estimate of drug-likeness (QED) is 0.766. The zero-order valence-electron chi connectivity index (χ0n) is 14.4. The van der Waals surface area contributed by atoms with Gasteiger partial charge in [0.25, 0.3) is 5.91 Å². The average Bonchev–Trinajstić information content (AvgIpc) is 3.23. The van der Waals surface area contributed by atoms with Gasteiger partial charge in [-0.1, -0.05) is 30.3 Å². The van der Waals surface area contributed by atoms with E-state index in [0.717, 1.165) is 18.4 Å². The molecule has 2 atom stereocenters. The first-order chi connectivity index (χ1) is 12.6. The molecule has 3 heterocycles. The Morgan fingerprint density at radius 1 is 1.15 bits per heavy atom. The Kier molecular flexibility index (Phi) is 4.85. The van der Waals surface area contributed by atoms with E-state index >= 15 is 0 Å². The SMILES string of the molecule is O=C(c1ccc(Br)o1)N1C[C@H]2CCCC(=O)N(Cc3ccccc3)[C@H]2C1. The van der Waals surface area contributed by atoms with Crippen molar-refractivity contribution in [2.45, 2.75) is 31.8 Å². The van der Waals surface area contributed by atoms with Crippen LogP contribution in [0.25, 0.3) is 0 Å². The van der Waals surface area contributed by atoms with Gasteiger partial charge in [-0.05, 0) is 52.4 Å². The number of carbonyl (C=O) groups is 2. The Balaban J connectivity index is 1.54. The molecular formula is C20H21BrN2O3. The Morgan fingerprint density at radius 3 is 2.69 bits per heavy atom. The molecule has 0 radical (unpaired) electrons. The fourth-order valence-corrected chi connectivity index (χ4v) is 4.38. The van der Waals surface area contributed by atoms with E-state index in [4.69, 9.17) is 4.42 Å². The molecule has 136 valence electrons. The first-order valence-corrected chi connectivity index (χ1v) is 9.79. The molecular weight excluding hydrogens is 396 g/mol. The van der Waals surface area contributed by atoms with Gasteiger partial charge in [0.2, 0.25) is 5.91 Å². The van der Waals surface area contributed by atoms with Gasteiger partial charge >= 0.3 is 0 Å². The predicted molar refractivity (Wildman–Crippen MR) is 100 cm³/mol. The monoisotopic (exact) mass is 416 g/mol. The van der Waals surface area contributed by atoms with Crippen molar-refractivity contribution in [2.75, 3.05) is 13.1 Å². The summed E-state index contributed by atoms with van der Waals surface area (Å²) < 4.78 is 5.98. The molecule has 26 heavy (non-hydrogen) atoms. The number of rotatable bonds is 3. The van der Waals surface area contributed by atoms with Crippen LogP contribution in [0.3, 0.4) is 0 Å². The van der Waals surface area contributed by atoms with Crippen LogP contribution in [0.4, 0.5) is 0 Å². The lowest BCUT2D eigenvalue weighted by Crippen LogP contribution is -2.43. The second-order valence-corrected chi connectivity index (χ2v) is 7.82. The number of fused-ring (bicyclic) bond motifs is 1. The standard InChI is InChI=1S/C20H21BrN2O3/c21-18-10-9-17(26-18)20(25)22-12-15-7-4-8-19(24)23(16(15)13-22)11-14-5-2-1-3-6-14/h1-3,5-6,9-10,15-16H,4,7-8,11-13H2/t15-,16+/m1/s1. The molecule has 2 aliphatic heterocycles. The van der Waals surface area contributed by atoms with Crippen molar-refractivity contribution in [3.05, 3.63) is 58.5 Å². The van der Waals surface area contributed by atoms with Gasteiger partial charge < -0.3 is 14.2 Å². The Bertz CT molecular complexity index is 804. The van der Waals surface area contributed by atoms with E-state index in [1.54, 1.807) is 12.1 Å². The predicted octanol–water partition coefficient (Wildman–Crippen LogP) is 3.70. The van der Waals surface area contributed by atoms with Crippen LogP contribution in [0, 0.1) is 5.92 Å². The highest BCUT2D eigenvalue weighted by Gasteiger charge is 2.42. The van der Waals surface area contributed by atoms with Crippen LogP contribution in [-0.4, -0.2) is 40.7 Å². The molecule has 4 rings (SSSR count). The maximum Gasteiger partial charge on any atom is 0.289 e. The van der Waals surface area contributed by atoms with Gasteiger partial charge in [0.05, 0.1) is 6.04 Å². The molecule has 2 amide bonds. The zero-order valence-corrected chi connectivity index (χ0v) is 16.0. The Hall–Kier alpha value is -2.08. The minimum absolute atomic E-state index is 0.0764. The molecule has 2 saturated heterocycles. The molecule has 5 nitrogen and oxygen atoms in total. The minimum atomic E-state index is -0.101. The number of hydrogen-bond acceptors (Lipinski definition) is 3. The molecule has 0 aliphatic carbocycles. The summed E-state index contributed by atoms with van der Waals surface area (Å²) >= 11 is 3.24. The third-order valence-electron chi connectivity index (χ3n) is 5.36. The van der Waals surface area contributed by atoms with Crippen molar-refractivity contribution in [3.8, 4) is 0 Å². The van der Waals surface area contributed by atoms with Crippen molar-refractivity contribution in [1.82, 2.24) is 9.80 Å². The Morgan fingerprint density at radius 2 is 1.96 bits per heavy atom. The first-order valence-electron chi connectivity index (χ1n) is 9.00. The summed E-state index contributed by atoms with van der Waals surface area (Å²) in [5.41, 5.74) is 1.13. The number of amides is 2. The number of benzene rings is 1. The lowest BCUT2D eigenvalue weighted by Gasteiger charge is -2.30. The van der Waals surface area contributed by atoms with Gasteiger partial charge in [-0.2, -0.15) is 0 Å². The van der Waals surface area contributed by atoms with E-state index in [-0.39, 0.29) is 17.9 Å². The zero-order chi connectivity index (χ0) is 18.1. The normalized spacial score (nSPS) is 23.0. The van der Waals surface area contributed by atoms with Crippen LogP contribution >= 0.6 is 15.9 Å². The van der Waals surface area contributed by atoms with Gasteiger partial charge in [0.1, 0.15) is 0 Å². The van der Waals surface area contributed by atoms with Crippen molar-refractivity contribution in [3.63, 3.8) is 0 Å². The lowest BCUT2D eigenvalue weighted by molar-refractivity contribution is -0.133. The van der Waals surface area contributed by atoms with Crippen LogP contribution in [0.1, 0.15) is 35.4 Å². The number of hydrogen-bond donors (Lipinski definition) is 0. The van der Waals surface area contributed by atoms with Crippen LogP contribution in [0.2, 0.25) is 0 Å².